The van der Waals surface area contributed by atoms with Gasteiger partial charge in [-0.05, 0) is 58.9 Å². The van der Waals surface area contributed by atoms with Crippen LogP contribution < -0.4 is 10.6 Å². The number of nitrogens with one attached hydrogen (secondary N) is 2. The standard InChI is InChI=1S/C26H25N3O3S2/c1-3-18-29(19-4-2)34(31,32)23-15-13-22(14-16-23)27-26(33)28-25(30)17-12-21-10-7-9-20-8-5-6-11-24(20)21/h3-17H,1-2,18-19H2,(H2,27,28,30,33). The van der Waals surface area contributed by atoms with Gasteiger partial charge in [-0.2, -0.15) is 4.31 Å². The van der Waals surface area contributed by atoms with E-state index in [1.54, 1.807) is 18.2 Å². The average molecular weight is 492 g/mol. The molecule has 0 aliphatic carbocycles. The van der Waals surface area contributed by atoms with Gasteiger partial charge >= 0.3 is 0 Å². The summed E-state index contributed by atoms with van der Waals surface area (Å²) in [5.41, 5.74) is 1.46. The van der Waals surface area contributed by atoms with Gasteiger partial charge in [0.25, 0.3) is 0 Å². The maximum absolute atomic E-state index is 12.8. The van der Waals surface area contributed by atoms with Crippen molar-refractivity contribution in [2.75, 3.05) is 18.4 Å². The lowest BCUT2D eigenvalue weighted by atomic mass is 10.0. The second-order valence-corrected chi connectivity index (χ2v) is 9.62. The molecular formula is C26H25N3O3S2. The first-order valence-corrected chi connectivity index (χ1v) is 12.3. The van der Waals surface area contributed by atoms with Crippen molar-refractivity contribution in [3.63, 3.8) is 0 Å². The van der Waals surface area contributed by atoms with Crippen LogP contribution in [0.1, 0.15) is 5.56 Å². The first-order chi connectivity index (χ1) is 16.3. The number of sulfonamides is 1. The van der Waals surface area contributed by atoms with Gasteiger partial charge in [0, 0.05) is 24.9 Å². The van der Waals surface area contributed by atoms with Crippen molar-refractivity contribution >= 4 is 55.8 Å². The van der Waals surface area contributed by atoms with Crippen molar-refractivity contribution in [2.45, 2.75) is 4.90 Å². The van der Waals surface area contributed by atoms with Crippen molar-refractivity contribution in [3.8, 4) is 0 Å². The lowest BCUT2D eigenvalue weighted by molar-refractivity contribution is -0.115. The molecule has 0 heterocycles. The van der Waals surface area contributed by atoms with Crippen molar-refractivity contribution in [1.29, 1.82) is 0 Å². The van der Waals surface area contributed by atoms with Gasteiger partial charge in [0.15, 0.2) is 5.11 Å². The monoisotopic (exact) mass is 491 g/mol. The number of benzene rings is 3. The molecule has 3 aromatic rings. The van der Waals surface area contributed by atoms with E-state index in [4.69, 9.17) is 12.2 Å². The fourth-order valence-corrected chi connectivity index (χ4v) is 4.90. The van der Waals surface area contributed by atoms with Crippen LogP contribution in [0.3, 0.4) is 0 Å². The Kier molecular flexibility index (Phi) is 8.48. The fraction of sp³-hybridized carbons (Fsp3) is 0.0769. The van der Waals surface area contributed by atoms with E-state index < -0.39 is 10.0 Å². The molecule has 3 aromatic carbocycles. The van der Waals surface area contributed by atoms with Gasteiger partial charge in [-0.25, -0.2) is 8.42 Å². The SMILES string of the molecule is C=CCN(CC=C)S(=O)(=O)c1ccc(NC(=S)NC(=O)C=Cc2cccc3ccccc23)cc1. The summed E-state index contributed by atoms with van der Waals surface area (Å²) in [7, 11) is -3.69. The summed E-state index contributed by atoms with van der Waals surface area (Å²) in [5.74, 6) is -0.380. The minimum atomic E-state index is -3.69. The molecule has 0 saturated heterocycles. The van der Waals surface area contributed by atoms with E-state index in [0.717, 1.165) is 16.3 Å². The third-order valence-corrected chi connectivity index (χ3v) is 6.94. The van der Waals surface area contributed by atoms with E-state index in [1.165, 1.54) is 34.7 Å². The molecule has 2 N–H and O–H groups in total. The molecule has 0 spiro atoms. The summed E-state index contributed by atoms with van der Waals surface area (Å²) in [4.78, 5) is 12.4. The zero-order valence-corrected chi connectivity index (χ0v) is 20.1. The Labute approximate surface area is 205 Å². The predicted octanol–water partition coefficient (Wildman–Crippen LogP) is 4.73. The molecule has 174 valence electrons. The Bertz CT molecular complexity index is 1330. The zero-order chi connectivity index (χ0) is 24.6. The number of anilines is 1. The summed E-state index contributed by atoms with van der Waals surface area (Å²) >= 11 is 5.21. The second-order valence-electron chi connectivity index (χ2n) is 7.27. The fourth-order valence-electron chi connectivity index (χ4n) is 3.30. The lowest BCUT2D eigenvalue weighted by Gasteiger charge is -2.19. The van der Waals surface area contributed by atoms with Crippen molar-refractivity contribution < 1.29 is 13.2 Å². The van der Waals surface area contributed by atoms with Crippen LogP contribution in [-0.4, -0.2) is 36.8 Å². The van der Waals surface area contributed by atoms with Crippen LogP contribution in [0.4, 0.5) is 5.69 Å². The number of fused-ring (bicyclic) bond motifs is 1. The van der Waals surface area contributed by atoms with E-state index in [-0.39, 0.29) is 29.0 Å². The quantitative estimate of drug-likeness (QED) is 0.257. The molecule has 0 atom stereocenters. The highest BCUT2D eigenvalue weighted by atomic mass is 32.2. The molecule has 0 aromatic heterocycles. The van der Waals surface area contributed by atoms with E-state index in [0.29, 0.717) is 5.69 Å². The molecule has 8 heteroatoms. The number of amides is 1. The third-order valence-electron chi connectivity index (χ3n) is 4.89. The summed E-state index contributed by atoms with van der Waals surface area (Å²) < 4.78 is 26.8. The van der Waals surface area contributed by atoms with Gasteiger partial charge in [0.1, 0.15) is 0 Å². The van der Waals surface area contributed by atoms with Gasteiger partial charge < -0.3 is 5.32 Å². The van der Waals surface area contributed by atoms with Crippen LogP contribution in [0, 0.1) is 0 Å². The lowest BCUT2D eigenvalue weighted by Crippen LogP contribution is -2.33. The number of carbonyl (C=O) groups excluding carboxylic acids is 1. The highest BCUT2D eigenvalue weighted by molar-refractivity contribution is 7.89. The molecule has 1 amide bonds. The van der Waals surface area contributed by atoms with Crippen LogP contribution in [0.25, 0.3) is 16.8 Å². The van der Waals surface area contributed by atoms with Crippen LogP contribution >= 0.6 is 12.2 Å². The number of carbonyl (C=O) groups is 1. The molecule has 0 bridgehead atoms. The summed E-state index contributed by atoms with van der Waals surface area (Å²) in [6, 6.07) is 19.9. The Morgan fingerprint density at radius 2 is 1.59 bits per heavy atom. The zero-order valence-electron chi connectivity index (χ0n) is 18.5. The van der Waals surface area contributed by atoms with Gasteiger partial charge in [0.05, 0.1) is 4.90 Å². The van der Waals surface area contributed by atoms with E-state index in [2.05, 4.69) is 23.8 Å². The first kappa shape index (κ1) is 25.0. The van der Waals surface area contributed by atoms with Gasteiger partial charge in [-0.3, -0.25) is 10.1 Å². The minimum absolute atomic E-state index is 0.100. The first-order valence-electron chi connectivity index (χ1n) is 10.4. The maximum Gasteiger partial charge on any atom is 0.250 e. The highest BCUT2D eigenvalue weighted by Gasteiger charge is 2.22. The Morgan fingerprint density at radius 1 is 0.941 bits per heavy atom. The molecule has 0 radical (unpaired) electrons. The van der Waals surface area contributed by atoms with Crippen molar-refractivity contribution in [1.82, 2.24) is 9.62 Å². The number of rotatable bonds is 9. The number of hydrogen-bond donors (Lipinski definition) is 2. The third kappa shape index (κ3) is 6.26. The van der Waals surface area contributed by atoms with Gasteiger partial charge in [-0.15, -0.1) is 13.2 Å². The van der Waals surface area contributed by atoms with Crippen LogP contribution in [-0.2, 0) is 14.8 Å². The Balaban J connectivity index is 1.62. The maximum atomic E-state index is 12.8. The Morgan fingerprint density at radius 3 is 2.26 bits per heavy atom. The Hall–Kier alpha value is -3.59. The number of hydrogen-bond acceptors (Lipinski definition) is 4. The number of thiocarbonyl (C=S) groups is 1. The molecule has 0 aliphatic heterocycles. The predicted molar refractivity (Wildman–Crippen MR) is 143 cm³/mol. The van der Waals surface area contributed by atoms with Crippen LogP contribution in [0.15, 0.2) is 103 Å². The average Bonchev–Trinajstić information content (AvgIpc) is 2.83. The molecule has 6 nitrogen and oxygen atoms in total. The summed E-state index contributed by atoms with van der Waals surface area (Å²) in [5, 5.41) is 7.71. The van der Waals surface area contributed by atoms with E-state index in [9.17, 15) is 13.2 Å². The molecule has 34 heavy (non-hydrogen) atoms. The molecule has 0 aliphatic rings. The van der Waals surface area contributed by atoms with Crippen LogP contribution in [0.2, 0.25) is 0 Å². The second kappa shape index (κ2) is 11.5. The summed E-state index contributed by atoms with van der Waals surface area (Å²) in [6.07, 6.45) is 6.19. The van der Waals surface area contributed by atoms with Crippen LogP contribution in [0.5, 0.6) is 0 Å². The highest BCUT2D eigenvalue weighted by Crippen LogP contribution is 2.20. The molecule has 0 saturated carbocycles. The topological polar surface area (TPSA) is 78.5 Å². The van der Waals surface area contributed by atoms with Gasteiger partial charge in [0.2, 0.25) is 15.9 Å². The van der Waals surface area contributed by atoms with Gasteiger partial charge in [-0.1, -0.05) is 54.6 Å². The van der Waals surface area contributed by atoms with Crippen molar-refractivity contribution in [3.05, 3.63) is 104 Å². The molecular weight excluding hydrogens is 466 g/mol. The van der Waals surface area contributed by atoms with E-state index in [1.807, 2.05) is 42.5 Å². The van der Waals surface area contributed by atoms with E-state index >= 15 is 0 Å². The summed E-state index contributed by atoms with van der Waals surface area (Å²) in [6.45, 7) is 7.55. The largest absolute Gasteiger partial charge is 0.332 e. The molecule has 3 rings (SSSR count). The molecule has 0 unspecified atom stereocenters. The normalized spacial score (nSPS) is 11.4. The smallest absolute Gasteiger partial charge is 0.250 e. The minimum Gasteiger partial charge on any atom is -0.332 e. The van der Waals surface area contributed by atoms with Crippen molar-refractivity contribution in [2.24, 2.45) is 0 Å². The number of nitrogens with zero attached hydrogens (tertiary/aromatic N) is 1. The molecule has 0 fully saturated rings.